The first kappa shape index (κ1) is 21.2. The smallest absolute Gasteiger partial charge is 0.293 e. The zero-order valence-corrected chi connectivity index (χ0v) is 17.4. The number of amides is 2. The van der Waals surface area contributed by atoms with Crippen LogP contribution in [0.2, 0.25) is 0 Å². The molecule has 9 nitrogen and oxygen atoms in total. The van der Waals surface area contributed by atoms with Crippen molar-refractivity contribution >= 4 is 34.7 Å². The van der Waals surface area contributed by atoms with Gasteiger partial charge in [-0.05, 0) is 42.1 Å². The Bertz CT molecular complexity index is 1030. The lowest BCUT2D eigenvalue weighted by Gasteiger charge is -2.27. The number of rotatable bonds is 6. The minimum absolute atomic E-state index is 0.00524. The number of nitrogens with zero attached hydrogens (tertiary/aromatic N) is 4. The van der Waals surface area contributed by atoms with Gasteiger partial charge in [0.15, 0.2) is 0 Å². The molecule has 0 bridgehead atoms. The van der Waals surface area contributed by atoms with Crippen molar-refractivity contribution < 1.29 is 19.2 Å². The summed E-state index contributed by atoms with van der Waals surface area (Å²) in [5.41, 5.74) is 1.88. The van der Waals surface area contributed by atoms with Crippen molar-refractivity contribution in [2.75, 3.05) is 39.4 Å². The molecule has 31 heavy (non-hydrogen) atoms. The first-order chi connectivity index (χ1) is 15.0. The molecule has 10 heteroatoms. The minimum Gasteiger partial charge on any atom is -0.379 e. The number of carbonyl (C=O) groups is 2. The first-order valence-corrected chi connectivity index (χ1v) is 10.6. The van der Waals surface area contributed by atoms with Gasteiger partial charge in [0.05, 0.1) is 34.4 Å². The molecule has 0 N–H and O–H groups in total. The van der Waals surface area contributed by atoms with Gasteiger partial charge in [0.25, 0.3) is 16.8 Å². The van der Waals surface area contributed by atoms with Gasteiger partial charge in [-0.2, -0.15) is 0 Å². The molecule has 0 radical (unpaired) electrons. The lowest BCUT2D eigenvalue weighted by Crippen LogP contribution is -2.42. The fraction of sp³-hybridized carbons (Fsp3) is 0.286. The molecule has 1 aromatic heterocycles. The molecular weight excluding hydrogens is 420 g/mol. The summed E-state index contributed by atoms with van der Waals surface area (Å²) < 4.78 is 5.32. The van der Waals surface area contributed by atoms with Gasteiger partial charge in [-0.15, -0.1) is 0 Å². The second-order valence-electron chi connectivity index (χ2n) is 7.04. The number of carbonyl (C=O) groups excluding carboxylic acids is 2. The van der Waals surface area contributed by atoms with E-state index in [1.165, 1.54) is 17.0 Å². The van der Waals surface area contributed by atoms with Crippen LogP contribution in [0.25, 0.3) is 17.3 Å². The van der Waals surface area contributed by atoms with Crippen LogP contribution in [-0.2, 0) is 9.53 Å². The van der Waals surface area contributed by atoms with Crippen molar-refractivity contribution in [2.45, 2.75) is 0 Å². The van der Waals surface area contributed by atoms with E-state index in [9.17, 15) is 19.7 Å². The quantitative estimate of drug-likeness (QED) is 0.383. The third-order valence-corrected chi connectivity index (χ3v) is 5.95. The number of hydrogen-bond acceptors (Lipinski definition) is 8. The number of non-ortho nitro benzene ring substituents is 1. The van der Waals surface area contributed by atoms with Crippen LogP contribution < -0.4 is 0 Å². The number of ether oxygens (including phenoxy) is 1. The summed E-state index contributed by atoms with van der Waals surface area (Å²) in [7, 11) is 0. The first-order valence-electron chi connectivity index (χ1n) is 9.78. The minimum atomic E-state index is -0.456. The lowest BCUT2D eigenvalue weighted by atomic mass is 10.1. The van der Waals surface area contributed by atoms with E-state index in [1.807, 2.05) is 0 Å². The van der Waals surface area contributed by atoms with Crippen LogP contribution in [0.1, 0.15) is 5.69 Å². The van der Waals surface area contributed by atoms with Gasteiger partial charge in [0.2, 0.25) is 0 Å². The largest absolute Gasteiger partial charge is 0.379 e. The fourth-order valence-electron chi connectivity index (χ4n) is 3.34. The van der Waals surface area contributed by atoms with Gasteiger partial charge in [-0.25, -0.2) is 4.98 Å². The Morgan fingerprint density at radius 2 is 1.84 bits per heavy atom. The fourth-order valence-corrected chi connectivity index (χ4v) is 4.19. The van der Waals surface area contributed by atoms with Gasteiger partial charge in [0.1, 0.15) is 0 Å². The number of aromatic nitrogens is 1. The highest BCUT2D eigenvalue weighted by Gasteiger charge is 2.35. The third kappa shape index (κ3) is 4.98. The van der Waals surface area contributed by atoms with Gasteiger partial charge < -0.3 is 4.74 Å². The number of benzene rings is 1. The number of thioether (sulfide) groups is 1. The molecule has 2 fully saturated rings. The van der Waals surface area contributed by atoms with E-state index in [2.05, 4.69) is 9.88 Å². The molecule has 2 aliphatic heterocycles. The number of nitro groups is 1. The SMILES string of the molecule is O=C1S/C(=C\c2cccc(-c3ccc([N+](=O)[O-])cc3)n2)C(=O)N1CCN1CCOCC1. The van der Waals surface area contributed by atoms with E-state index in [0.29, 0.717) is 42.6 Å². The van der Waals surface area contributed by atoms with Crippen molar-refractivity contribution in [3.05, 3.63) is 63.2 Å². The number of nitro benzene ring substituents is 1. The molecule has 1 aromatic carbocycles. The molecular formula is C21H20N4O5S. The van der Waals surface area contributed by atoms with Crippen molar-refractivity contribution in [1.82, 2.24) is 14.8 Å². The van der Waals surface area contributed by atoms with Crippen molar-refractivity contribution in [1.29, 1.82) is 0 Å². The van der Waals surface area contributed by atoms with Crippen molar-refractivity contribution in [3.8, 4) is 11.3 Å². The third-order valence-electron chi connectivity index (χ3n) is 5.04. The summed E-state index contributed by atoms with van der Waals surface area (Å²) in [6.45, 7) is 3.90. The summed E-state index contributed by atoms with van der Waals surface area (Å²) in [5, 5.41) is 10.5. The zero-order chi connectivity index (χ0) is 21.8. The van der Waals surface area contributed by atoms with Crippen LogP contribution in [-0.4, -0.2) is 70.2 Å². The monoisotopic (exact) mass is 440 g/mol. The van der Waals surface area contributed by atoms with Gasteiger partial charge in [-0.1, -0.05) is 6.07 Å². The van der Waals surface area contributed by atoms with E-state index >= 15 is 0 Å². The van der Waals surface area contributed by atoms with E-state index in [4.69, 9.17) is 4.74 Å². The highest BCUT2D eigenvalue weighted by Crippen LogP contribution is 2.32. The Morgan fingerprint density at radius 3 is 2.55 bits per heavy atom. The van der Waals surface area contributed by atoms with Crippen LogP contribution in [0.15, 0.2) is 47.4 Å². The van der Waals surface area contributed by atoms with E-state index in [-0.39, 0.29) is 16.8 Å². The molecule has 0 aliphatic carbocycles. The predicted molar refractivity (Wildman–Crippen MR) is 116 cm³/mol. The summed E-state index contributed by atoms with van der Waals surface area (Å²) >= 11 is 0.910. The standard InChI is InChI=1S/C21H20N4O5S/c26-20-19(31-21(27)24(20)9-8-23-10-12-30-13-11-23)14-16-2-1-3-18(22-16)15-4-6-17(7-5-15)25(28)29/h1-7,14H,8-13H2/b19-14-. The molecule has 4 rings (SSSR count). The molecule has 0 atom stereocenters. The molecule has 2 saturated heterocycles. The van der Waals surface area contributed by atoms with Crippen LogP contribution in [0.3, 0.4) is 0 Å². The Hall–Kier alpha value is -3.08. The zero-order valence-electron chi connectivity index (χ0n) is 16.6. The maximum absolute atomic E-state index is 12.7. The Balaban J connectivity index is 1.46. The number of imide groups is 1. The molecule has 3 heterocycles. The van der Waals surface area contributed by atoms with Crippen LogP contribution in [0.5, 0.6) is 0 Å². The Labute approximate surface area is 182 Å². The Kier molecular flexibility index (Phi) is 6.40. The highest BCUT2D eigenvalue weighted by atomic mass is 32.2. The number of morpholine rings is 1. The molecule has 160 valence electrons. The summed E-state index contributed by atoms with van der Waals surface area (Å²) in [6, 6.07) is 11.4. The maximum atomic E-state index is 12.7. The maximum Gasteiger partial charge on any atom is 0.293 e. The molecule has 0 unspecified atom stereocenters. The van der Waals surface area contributed by atoms with E-state index in [0.717, 1.165) is 30.4 Å². The highest BCUT2D eigenvalue weighted by molar-refractivity contribution is 8.18. The summed E-state index contributed by atoms with van der Waals surface area (Å²) in [6.07, 6.45) is 1.61. The average molecular weight is 440 g/mol. The van der Waals surface area contributed by atoms with Crippen molar-refractivity contribution in [2.24, 2.45) is 0 Å². The molecule has 0 saturated carbocycles. The Morgan fingerprint density at radius 1 is 1.10 bits per heavy atom. The lowest BCUT2D eigenvalue weighted by molar-refractivity contribution is -0.384. The second-order valence-corrected chi connectivity index (χ2v) is 8.03. The molecule has 2 aromatic rings. The number of pyridine rings is 1. The van der Waals surface area contributed by atoms with Crippen LogP contribution in [0.4, 0.5) is 10.5 Å². The van der Waals surface area contributed by atoms with Gasteiger partial charge in [-0.3, -0.25) is 29.5 Å². The average Bonchev–Trinajstić information content (AvgIpc) is 3.05. The predicted octanol–water partition coefficient (Wildman–Crippen LogP) is 3.03. The normalized spacial score (nSPS) is 18.7. The summed E-state index contributed by atoms with van der Waals surface area (Å²) in [4.78, 5) is 43.7. The molecule has 0 spiro atoms. The topological polar surface area (TPSA) is 106 Å². The van der Waals surface area contributed by atoms with Gasteiger partial charge in [0, 0.05) is 43.9 Å². The molecule has 2 amide bonds. The molecule has 2 aliphatic rings. The van der Waals surface area contributed by atoms with E-state index < -0.39 is 4.92 Å². The van der Waals surface area contributed by atoms with Gasteiger partial charge >= 0.3 is 0 Å². The number of hydrogen-bond donors (Lipinski definition) is 0. The van der Waals surface area contributed by atoms with Crippen LogP contribution >= 0.6 is 11.8 Å². The van der Waals surface area contributed by atoms with Crippen molar-refractivity contribution in [3.63, 3.8) is 0 Å². The summed E-state index contributed by atoms with van der Waals surface area (Å²) in [5.74, 6) is -0.314. The second kappa shape index (κ2) is 9.38. The van der Waals surface area contributed by atoms with Crippen LogP contribution in [0, 0.1) is 10.1 Å². The van der Waals surface area contributed by atoms with E-state index in [1.54, 1.807) is 36.4 Å².